The van der Waals surface area contributed by atoms with E-state index < -0.39 is 17.5 Å². The minimum Gasteiger partial charge on any atom is -0.398 e. The molecule has 2 rings (SSSR count). The lowest BCUT2D eigenvalue weighted by Gasteiger charge is -2.11. The molecule has 21 heavy (non-hydrogen) atoms. The van der Waals surface area contributed by atoms with E-state index in [0.717, 1.165) is 12.1 Å². The molecule has 0 aliphatic rings. The number of hydrogen-bond donors (Lipinski definition) is 1. The van der Waals surface area contributed by atoms with Gasteiger partial charge in [-0.25, -0.2) is 0 Å². The first-order valence-corrected chi connectivity index (χ1v) is 6.67. The molecule has 0 amide bonds. The van der Waals surface area contributed by atoms with Gasteiger partial charge in [0.15, 0.2) is 0 Å². The minimum atomic E-state index is -4.45. The zero-order valence-electron chi connectivity index (χ0n) is 10.5. The minimum absolute atomic E-state index is 0.0147. The van der Waals surface area contributed by atoms with Gasteiger partial charge in [0.1, 0.15) is 0 Å². The van der Waals surface area contributed by atoms with Crippen molar-refractivity contribution in [2.24, 2.45) is 0 Å². The standard InChI is InChI=1S/C14H10F5NS/c15-13(16)21-10-4-1-8(2-5-10)11-6-3-9(7-12(11)20)14(17,18)19/h1-7,13H,20H2. The molecule has 0 saturated heterocycles. The van der Waals surface area contributed by atoms with Crippen molar-refractivity contribution >= 4 is 17.4 Å². The van der Waals surface area contributed by atoms with Gasteiger partial charge in [-0.15, -0.1) is 0 Å². The second-order valence-corrected chi connectivity index (χ2v) is 5.27. The number of rotatable bonds is 3. The summed E-state index contributed by atoms with van der Waals surface area (Å²) in [4.78, 5) is 0.374. The number of halogens is 5. The maximum absolute atomic E-state index is 12.5. The molecule has 0 bridgehead atoms. The Balaban J connectivity index is 2.30. The monoisotopic (exact) mass is 319 g/mol. The number of anilines is 1. The van der Waals surface area contributed by atoms with Gasteiger partial charge in [-0.3, -0.25) is 0 Å². The largest absolute Gasteiger partial charge is 0.416 e. The molecule has 0 aliphatic carbocycles. The first kappa shape index (κ1) is 15.6. The van der Waals surface area contributed by atoms with Gasteiger partial charge in [-0.2, -0.15) is 22.0 Å². The highest BCUT2D eigenvalue weighted by Gasteiger charge is 2.30. The van der Waals surface area contributed by atoms with Crippen molar-refractivity contribution in [1.29, 1.82) is 0 Å². The van der Waals surface area contributed by atoms with Gasteiger partial charge >= 0.3 is 6.18 Å². The highest BCUT2D eigenvalue weighted by Crippen LogP contribution is 2.35. The molecule has 0 radical (unpaired) electrons. The zero-order chi connectivity index (χ0) is 15.6. The molecule has 2 aromatic rings. The fraction of sp³-hybridized carbons (Fsp3) is 0.143. The van der Waals surface area contributed by atoms with Crippen LogP contribution in [0.3, 0.4) is 0 Å². The maximum Gasteiger partial charge on any atom is 0.416 e. The van der Waals surface area contributed by atoms with Crippen molar-refractivity contribution in [3.63, 3.8) is 0 Å². The molecular weight excluding hydrogens is 309 g/mol. The Bertz CT molecular complexity index is 622. The van der Waals surface area contributed by atoms with Gasteiger partial charge in [0.05, 0.1) is 5.56 Å². The van der Waals surface area contributed by atoms with Crippen LogP contribution in [-0.4, -0.2) is 5.76 Å². The lowest BCUT2D eigenvalue weighted by molar-refractivity contribution is -0.137. The predicted octanol–water partition coefficient (Wildman–Crippen LogP) is 5.27. The summed E-state index contributed by atoms with van der Waals surface area (Å²) in [6, 6.07) is 9.11. The van der Waals surface area contributed by atoms with E-state index in [0.29, 0.717) is 27.8 Å². The lowest BCUT2D eigenvalue weighted by Crippen LogP contribution is -2.05. The van der Waals surface area contributed by atoms with Crippen LogP contribution in [-0.2, 0) is 6.18 Å². The highest BCUT2D eigenvalue weighted by atomic mass is 32.2. The summed E-state index contributed by atoms with van der Waals surface area (Å²) in [5.74, 6) is -2.52. The van der Waals surface area contributed by atoms with E-state index in [-0.39, 0.29) is 5.69 Å². The molecule has 0 fully saturated rings. The molecule has 7 heteroatoms. The molecule has 0 atom stereocenters. The van der Waals surface area contributed by atoms with Crippen LogP contribution in [0.2, 0.25) is 0 Å². The normalized spacial score (nSPS) is 11.9. The number of thioether (sulfide) groups is 1. The molecule has 112 valence electrons. The number of alkyl halides is 5. The lowest BCUT2D eigenvalue weighted by atomic mass is 10.0. The van der Waals surface area contributed by atoms with Gasteiger partial charge in [-0.1, -0.05) is 30.0 Å². The Hall–Kier alpha value is -1.76. The molecular formula is C14H10F5NS. The van der Waals surface area contributed by atoms with Crippen molar-refractivity contribution in [1.82, 2.24) is 0 Å². The average molecular weight is 319 g/mol. The Morgan fingerprint density at radius 2 is 1.57 bits per heavy atom. The second-order valence-electron chi connectivity index (χ2n) is 4.20. The van der Waals surface area contributed by atoms with Crippen molar-refractivity contribution in [3.8, 4) is 11.1 Å². The second kappa shape index (κ2) is 5.93. The molecule has 0 saturated carbocycles. The van der Waals surface area contributed by atoms with Gasteiger partial charge in [-0.05, 0) is 29.8 Å². The number of benzene rings is 2. The summed E-state index contributed by atoms with van der Waals surface area (Å²) in [6.45, 7) is 0. The summed E-state index contributed by atoms with van der Waals surface area (Å²) in [7, 11) is 0. The molecule has 1 nitrogen and oxygen atoms in total. The van der Waals surface area contributed by atoms with Crippen LogP contribution in [0.25, 0.3) is 11.1 Å². The van der Waals surface area contributed by atoms with E-state index in [2.05, 4.69) is 0 Å². The van der Waals surface area contributed by atoms with E-state index in [1.807, 2.05) is 0 Å². The van der Waals surface area contributed by atoms with Crippen LogP contribution in [0, 0.1) is 0 Å². The molecule has 0 heterocycles. The van der Waals surface area contributed by atoms with Gasteiger partial charge in [0.25, 0.3) is 5.76 Å². The number of nitrogens with two attached hydrogens (primary N) is 1. The summed E-state index contributed by atoms with van der Waals surface area (Å²) in [5.41, 5.74) is 5.80. The van der Waals surface area contributed by atoms with Crippen molar-refractivity contribution in [2.45, 2.75) is 16.8 Å². The summed E-state index contributed by atoms with van der Waals surface area (Å²) < 4.78 is 62.0. The van der Waals surface area contributed by atoms with Gasteiger partial charge in [0, 0.05) is 16.1 Å². The van der Waals surface area contributed by atoms with E-state index in [4.69, 9.17) is 5.73 Å². The summed E-state index contributed by atoms with van der Waals surface area (Å²) in [5, 5.41) is 0. The Morgan fingerprint density at radius 3 is 2.05 bits per heavy atom. The van der Waals surface area contributed by atoms with Gasteiger partial charge in [0.2, 0.25) is 0 Å². The van der Waals surface area contributed by atoms with Gasteiger partial charge < -0.3 is 5.73 Å². The van der Waals surface area contributed by atoms with E-state index in [9.17, 15) is 22.0 Å². The van der Waals surface area contributed by atoms with E-state index >= 15 is 0 Å². The molecule has 0 unspecified atom stereocenters. The quantitative estimate of drug-likeness (QED) is 0.474. The Kier molecular flexibility index (Phi) is 4.41. The van der Waals surface area contributed by atoms with Crippen molar-refractivity contribution < 1.29 is 22.0 Å². The topological polar surface area (TPSA) is 26.0 Å². The van der Waals surface area contributed by atoms with E-state index in [1.165, 1.54) is 18.2 Å². The smallest absolute Gasteiger partial charge is 0.398 e. The van der Waals surface area contributed by atoms with Crippen LogP contribution < -0.4 is 5.73 Å². The first-order chi connectivity index (χ1) is 9.77. The summed E-state index contributed by atoms with van der Waals surface area (Å²) in [6.07, 6.45) is -4.45. The molecule has 0 aromatic heterocycles. The third-order valence-corrected chi connectivity index (χ3v) is 3.49. The zero-order valence-corrected chi connectivity index (χ0v) is 11.3. The van der Waals surface area contributed by atoms with Crippen molar-refractivity contribution in [3.05, 3.63) is 48.0 Å². The number of nitrogen functional groups attached to an aromatic ring is 1. The molecule has 2 N–H and O–H groups in total. The van der Waals surface area contributed by atoms with Crippen LogP contribution in [0.15, 0.2) is 47.4 Å². The SMILES string of the molecule is Nc1cc(C(F)(F)F)ccc1-c1ccc(SC(F)F)cc1. The maximum atomic E-state index is 12.5. The van der Waals surface area contributed by atoms with Crippen LogP contribution in [0.4, 0.5) is 27.6 Å². The summed E-state index contributed by atoms with van der Waals surface area (Å²) >= 11 is 0.399. The van der Waals surface area contributed by atoms with Crippen LogP contribution >= 0.6 is 11.8 Å². The number of hydrogen-bond acceptors (Lipinski definition) is 2. The van der Waals surface area contributed by atoms with Crippen molar-refractivity contribution in [2.75, 3.05) is 5.73 Å². The molecule has 0 spiro atoms. The van der Waals surface area contributed by atoms with Crippen LogP contribution in [0.1, 0.15) is 5.56 Å². The molecule has 2 aromatic carbocycles. The fourth-order valence-corrected chi connectivity index (χ4v) is 2.32. The van der Waals surface area contributed by atoms with E-state index in [1.54, 1.807) is 12.1 Å². The molecule has 0 aliphatic heterocycles. The third-order valence-electron chi connectivity index (χ3n) is 2.77. The first-order valence-electron chi connectivity index (χ1n) is 5.79. The Morgan fingerprint density at radius 1 is 0.952 bits per heavy atom. The third kappa shape index (κ3) is 3.87. The fourth-order valence-electron chi connectivity index (χ4n) is 1.82. The predicted molar refractivity (Wildman–Crippen MR) is 73.2 cm³/mol. The van der Waals surface area contributed by atoms with Crippen LogP contribution in [0.5, 0.6) is 0 Å². The Labute approximate surface area is 122 Å². The highest BCUT2D eigenvalue weighted by molar-refractivity contribution is 7.99. The average Bonchev–Trinajstić information content (AvgIpc) is 2.38.